The molecule has 0 amide bonds. The molecule has 0 aliphatic rings. The van der Waals surface area contributed by atoms with Gasteiger partial charge in [-0.3, -0.25) is 4.99 Å². The first-order valence-electron chi connectivity index (χ1n) is 3.77. The molecule has 1 N–H and O–H groups in total. The minimum atomic E-state index is -4.54. The highest BCUT2D eigenvalue weighted by atomic mass is 19.4. The summed E-state index contributed by atoms with van der Waals surface area (Å²) in [5, 5.41) is 8.97. The topological polar surface area (TPSA) is 32.6 Å². The van der Waals surface area contributed by atoms with Crippen LogP contribution in [0.5, 0.6) is 5.75 Å². The number of aliphatic imine (C=N–C) groups is 1. The molecular weight excluding hydrogens is 195 g/mol. The number of alkyl halides is 3. The van der Waals surface area contributed by atoms with Gasteiger partial charge in [-0.15, -0.1) is 0 Å². The second kappa shape index (κ2) is 3.69. The van der Waals surface area contributed by atoms with Gasteiger partial charge in [-0.1, -0.05) is 0 Å². The van der Waals surface area contributed by atoms with Crippen molar-refractivity contribution in [3.8, 4) is 5.75 Å². The molecule has 0 aliphatic carbocycles. The van der Waals surface area contributed by atoms with Crippen LogP contribution < -0.4 is 0 Å². The van der Waals surface area contributed by atoms with Crippen LogP contribution in [0.3, 0.4) is 0 Å². The summed E-state index contributed by atoms with van der Waals surface area (Å²) in [6.07, 6.45) is -3.25. The van der Waals surface area contributed by atoms with E-state index in [2.05, 4.69) is 4.99 Å². The summed E-state index contributed by atoms with van der Waals surface area (Å²) in [5.74, 6) is -0.772. The zero-order chi connectivity index (χ0) is 10.8. The summed E-state index contributed by atoms with van der Waals surface area (Å²) in [6, 6.07) is 3.21. The number of aromatic hydroxyl groups is 1. The number of phenolic OH excluding ortho intramolecular Hbond substituents is 1. The Labute approximate surface area is 78.7 Å². The van der Waals surface area contributed by atoms with E-state index >= 15 is 0 Å². The van der Waals surface area contributed by atoms with Crippen molar-refractivity contribution in [2.24, 2.45) is 4.99 Å². The van der Waals surface area contributed by atoms with E-state index in [-0.39, 0.29) is 0 Å². The van der Waals surface area contributed by atoms with E-state index in [1.54, 1.807) is 0 Å². The van der Waals surface area contributed by atoms with E-state index in [9.17, 15) is 13.2 Å². The maximum Gasteiger partial charge on any atom is 0.419 e. The number of hydrogen-bond donors (Lipinski definition) is 1. The van der Waals surface area contributed by atoms with Gasteiger partial charge in [-0.2, -0.15) is 13.2 Å². The molecule has 0 fully saturated rings. The Hall–Kier alpha value is -1.52. The van der Waals surface area contributed by atoms with Crippen molar-refractivity contribution in [1.82, 2.24) is 0 Å². The van der Waals surface area contributed by atoms with Crippen molar-refractivity contribution in [2.75, 3.05) is 7.05 Å². The third-order valence-electron chi connectivity index (χ3n) is 1.60. The molecule has 0 aromatic heterocycles. The van der Waals surface area contributed by atoms with Crippen molar-refractivity contribution >= 4 is 6.21 Å². The van der Waals surface area contributed by atoms with Crippen LogP contribution in [0.15, 0.2) is 23.2 Å². The minimum Gasteiger partial charge on any atom is -0.507 e. The van der Waals surface area contributed by atoms with Crippen molar-refractivity contribution in [2.45, 2.75) is 6.18 Å². The van der Waals surface area contributed by atoms with Gasteiger partial charge in [0.1, 0.15) is 5.75 Å². The number of phenols is 1. The van der Waals surface area contributed by atoms with Crippen molar-refractivity contribution in [3.05, 3.63) is 29.3 Å². The van der Waals surface area contributed by atoms with E-state index in [4.69, 9.17) is 5.11 Å². The predicted molar refractivity (Wildman–Crippen MR) is 46.6 cm³/mol. The molecule has 0 aliphatic heterocycles. The highest BCUT2D eigenvalue weighted by molar-refractivity contribution is 5.80. The average molecular weight is 203 g/mol. The van der Waals surface area contributed by atoms with Crippen LogP contribution in [0.4, 0.5) is 13.2 Å². The molecule has 0 radical (unpaired) electrons. The molecule has 0 bridgehead atoms. The van der Waals surface area contributed by atoms with E-state index < -0.39 is 17.5 Å². The lowest BCUT2D eigenvalue weighted by atomic mass is 10.1. The van der Waals surface area contributed by atoms with Crippen LogP contribution >= 0.6 is 0 Å². The molecule has 0 spiro atoms. The number of hydrogen-bond acceptors (Lipinski definition) is 2. The van der Waals surface area contributed by atoms with Gasteiger partial charge in [0.2, 0.25) is 0 Å². The summed E-state index contributed by atoms with van der Waals surface area (Å²) >= 11 is 0. The molecule has 1 aromatic rings. The van der Waals surface area contributed by atoms with Crippen molar-refractivity contribution in [1.29, 1.82) is 0 Å². The number of rotatable bonds is 1. The first kappa shape index (κ1) is 10.6. The summed E-state index contributed by atoms with van der Waals surface area (Å²) in [5.41, 5.74) is -0.743. The van der Waals surface area contributed by atoms with Crippen molar-refractivity contribution < 1.29 is 18.3 Å². The molecule has 0 saturated carbocycles. The second-order valence-corrected chi connectivity index (χ2v) is 2.66. The highest BCUT2D eigenvalue weighted by Crippen LogP contribution is 2.35. The molecule has 76 valence electrons. The lowest BCUT2D eigenvalue weighted by Gasteiger charge is -2.08. The third kappa shape index (κ3) is 2.25. The van der Waals surface area contributed by atoms with E-state index in [0.29, 0.717) is 5.56 Å². The molecular formula is C9H8F3NO. The molecule has 2 nitrogen and oxygen atoms in total. The molecule has 1 rings (SSSR count). The summed E-state index contributed by atoms with van der Waals surface area (Å²) < 4.78 is 36.8. The standard InChI is InChI=1S/C9H8F3NO/c1-13-5-6-2-3-8(14)7(4-6)9(10,11)12/h2-5,14H,1H3. The maximum absolute atomic E-state index is 12.3. The summed E-state index contributed by atoms with van der Waals surface area (Å²) in [6.45, 7) is 0. The minimum absolute atomic E-state index is 0.303. The fraction of sp³-hybridized carbons (Fsp3) is 0.222. The fourth-order valence-corrected chi connectivity index (χ4v) is 1.01. The Bertz CT molecular complexity index is 358. The normalized spacial score (nSPS) is 12.3. The number of benzene rings is 1. The van der Waals surface area contributed by atoms with Gasteiger partial charge in [-0.05, 0) is 23.8 Å². The first-order valence-corrected chi connectivity index (χ1v) is 3.77. The van der Waals surface area contributed by atoms with Gasteiger partial charge in [0.25, 0.3) is 0 Å². The third-order valence-corrected chi connectivity index (χ3v) is 1.60. The van der Waals surface area contributed by atoms with Gasteiger partial charge in [0, 0.05) is 13.3 Å². The lowest BCUT2D eigenvalue weighted by molar-refractivity contribution is -0.138. The Morgan fingerprint density at radius 2 is 2.00 bits per heavy atom. The quantitative estimate of drug-likeness (QED) is 0.698. The Morgan fingerprint density at radius 1 is 1.36 bits per heavy atom. The monoisotopic (exact) mass is 203 g/mol. The van der Waals surface area contributed by atoms with Crippen LogP contribution in [-0.2, 0) is 6.18 Å². The molecule has 0 saturated heterocycles. The molecule has 0 atom stereocenters. The predicted octanol–water partition coefficient (Wildman–Crippen LogP) is 2.46. The van der Waals surface area contributed by atoms with Crippen molar-refractivity contribution in [3.63, 3.8) is 0 Å². The first-order chi connectivity index (χ1) is 6.45. The zero-order valence-corrected chi connectivity index (χ0v) is 7.34. The van der Waals surface area contributed by atoms with E-state index in [0.717, 1.165) is 12.1 Å². The molecule has 1 aromatic carbocycles. The average Bonchev–Trinajstić information content (AvgIpc) is 2.07. The Kier molecular flexibility index (Phi) is 2.78. The van der Waals surface area contributed by atoms with Gasteiger partial charge in [0.15, 0.2) is 0 Å². The van der Waals surface area contributed by atoms with Crippen LogP contribution in [0, 0.1) is 0 Å². The van der Waals surface area contributed by atoms with Gasteiger partial charge in [0.05, 0.1) is 5.56 Å². The van der Waals surface area contributed by atoms with E-state index in [1.807, 2.05) is 0 Å². The van der Waals surface area contributed by atoms with Crippen LogP contribution in [0.25, 0.3) is 0 Å². The zero-order valence-electron chi connectivity index (χ0n) is 7.34. The number of halogens is 3. The lowest BCUT2D eigenvalue weighted by Crippen LogP contribution is -2.05. The molecule has 5 heteroatoms. The van der Waals surface area contributed by atoms with Crippen LogP contribution in [-0.4, -0.2) is 18.4 Å². The fourth-order valence-electron chi connectivity index (χ4n) is 1.01. The van der Waals surface area contributed by atoms with Crippen LogP contribution in [0.1, 0.15) is 11.1 Å². The smallest absolute Gasteiger partial charge is 0.419 e. The van der Waals surface area contributed by atoms with Gasteiger partial charge in [-0.25, -0.2) is 0 Å². The summed E-state index contributed by atoms with van der Waals surface area (Å²) in [7, 11) is 1.46. The van der Waals surface area contributed by atoms with E-state index in [1.165, 1.54) is 19.3 Å². The summed E-state index contributed by atoms with van der Waals surface area (Å²) in [4.78, 5) is 3.58. The van der Waals surface area contributed by atoms with Gasteiger partial charge >= 0.3 is 6.18 Å². The molecule has 0 heterocycles. The SMILES string of the molecule is CN=Cc1ccc(O)c(C(F)(F)F)c1. The molecule has 14 heavy (non-hydrogen) atoms. The Balaban J connectivity index is 3.22. The maximum atomic E-state index is 12.3. The Morgan fingerprint density at radius 3 is 2.50 bits per heavy atom. The highest BCUT2D eigenvalue weighted by Gasteiger charge is 2.33. The van der Waals surface area contributed by atoms with Crippen LogP contribution in [0.2, 0.25) is 0 Å². The molecule has 0 unspecified atom stereocenters. The van der Waals surface area contributed by atoms with Gasteiger partial charge < -0.3 is 5.11 Å². The number of nitrogens with zero attached hydrogens (tertiary/aromatic N) is 1. The largest absolute Gasteiger partial charge is 0.507 e. The second-order valence-electron chi connectivity index (χ2n) is 2.66.